The highest BCUT2D eigenvalue weighted by atomic mass is 35.5. The van der Waals surface area contributed by atoms with Gasteiger partial charge in [-0.1, -0.05) is 6.42 Å². The largest absolute Gasteiger partial charge is 0.378 e. The summed E-state index contributed by atoms with van der Waals surface area (Å²) >= 11 is 6.13. The summed E-state index contributed by atoms with van der Waals surface area (Å²) in [6, 6.07) is 0. The third kappa shape index (κ3) is 4.47. The van der Waals surface area contributed by atoms with Crippen LogP contribution in [0.3, 0.4) is 0 Å². The van der Waals surface area contributed by atoms with Crippen molar-refractivity contribution in [2.24, 2.45) is 5.92 Å². The standard InChI is InChI=1S/C13H22ClNO2/c14-11-4-1-3-10(7-11)9-15-13(16)8-12-5-2-6-17-12/h10-12H,1-9H2,(H,15,16). The third-order valence-corrected chi connectivity index (χ3v) is 4.14. The summed E-state index contributed by atoms with van der Waals surface area (Å²) in [6.07, 6.45) is 7.36. The minimum Gasteiger partial charge on any atom is -0.378 e. The fourth-order valence-electron chi connectivity index (χ4n) is 2.75. The number of ether oxygens (including phenoxy) is 1. The lowest BCUT2D eigenvalue weighted by molar-refractivity contribution is -0.123. The lowest BCUT2D eigenvalue weighted by Crippen LogP contribution is -2.33. The van der Waals surface area contributed by atoms with E-state index in [1.165, 1.54) is 12.8 Å². The van der Waals surface area contributed by atoms with Crippen LogP contribution in [0.2, 0.25) is 0 Å². The van der Waals surface area contributed by atoms with Crippen molar-refractivity contribution >= 4 is 17.5 Å². The van der Waals surface area contributed by atoms with Gasteiger partial charge >= 0.3 is 0 Å². The molecule has 4 heteroatoms. The van der Waals surface area contributed by atoms with Crippen LogP contribution in [-0.4, -0.2) is 30.5 Å². The molecule has 3 unspecified atom stereocenters. The van der Waals surface area contributed by atoms with Gasteiger partial charge in [-0.2, -0.15) is 0 Å². The zero-order valence-corrected chi connectivity index (χ0v) is 11.0. The monoisotopic (exact) mass is 259 g/mol. The van der Waals surface area contributed by atoms with Crippen molar-refractivity contribution in [2.45, 2.75) is 56.4 Å². The number of nitrogens with one attached hydrogen (secondary N) is 1. The molecule has 0 aromatic rings. The molecule has 98 valence electrons. The van der Waals surface area contributed by atoms with E-state index in [0.717, 1.165) is 38.8 Å². The van der Waals surface area contributed by atoms with E-state index >= 15 is 0 Å². The summed E-state index contributed by atoms with van der Waals surface area (Å²) in [6.45, 7) is 1.60. The summed E-state index contributed by atoms with van der Waals surface area (Å²) in [5.41, 5.74) is 0. The summed E-state index contributed by atoms with van der Waals surface area (Å²) in [5.74, 6) is 0.702. The van der Waals surface area contributed by atoms with Gasteiger partial charge < -0.3 is 10.1 Å². The van der Waals surface area contributed by atoms with E-state index in [1.54, 1.807) is 0 Å². The van der Waals surface area contributed by atoms with Crippen molar-refractivity contribution in [3.63, 3.8) is 0 Å². The molecular formula is C13H22ClNO2. The molecule has 17 heavy (non-hydrogen) atoms. The first kappa shape index (κ1) is 13.2. The van der Waals surface area contributed by atoms with Crippen molar-refractivity contribution in [1.82, 2.24) is 5.32 Å². The third-order valence-electron chi connectivity index (χ3n) is 3.74. The molecule has 2 aliphatic rings. The number of hydrogen-bond donors (Lipinski definition) is 1. The second kappa shape index (κ2) is 6.60. The minimum absolute atomic E-state index is 0.133. The molecule has 0 bridgehead atoms. The lowest BCUT2D eigenvalue weighted by Gasteiger charge is -2.25. The summed E-state index contributed by atoms with van der Waals surface area (Å²) < 4.78 is 5.45. The Morgan fingerprint density at radius 3 is 2.88 bits per heavy atom. The number of rotatable bonds is 4. The molecule has 1 saturated carbocycles. The second-order valence-electron chi connectivity index (χ2n) is 5.27. The smallest absolute Gasteiger partial charge is 0.222 e. The molecule has 1 heterocycles. The highest BCUT2D eigenvalue weighted by Gasteiger charge is 2.22. The van der Waals surface area contributed by atoms with E-state index < -0.39 is 0 Å². The maximum absolute atomic E-state index is 11.7. The van der Waals surface area contributed by atoms with Gasteiger partial charge in [0.2, 0.25) is 5.91 Å². The maximum atomic E-state index is 11.7. The second-order valence-corrected chi connectivity index (χ2v) is 5.89. The molecular weight excluding hydrogens is 238 g/mol. The Balaban J connectivity index is 1.61. The molecule has 1 amide bonds. The van der Waals surface area contributed by atoms with Crippen LogP contribution in [0.5, 0.6) is 0 Å². The zero-order chi connectivity index (χ0) is 12.1. The fraction of sp³-hybridized carbons (Fsp3) is 0.923. The van der Waals surface area contributed by atoms with Gasteiger partial charge in [-0.25, -0.2) is 0 Å². The summed E-state index contributed by atoms with van der Waals surface area (Å²) in [4.78, 5) is 11.7. The van der Waals surface area contributed by atoms with E-state index in [0.29, 0.717) is 17.7 Å². The molecule has 1 aliphatic heterocycles. The number of halogens is 1. The highest BCUT2D eigenvalue weighted by molar-refractivity contribution is 6.20. The van der Waals surface area contributed by atoms with Gasteiger partial charge in [0.05, 0.1) is 12.5 Å². The van der Waals surface area contributed by atoms with Crippen LogP contribution < -0.4 is 5.32 Å². The predicted octanol–water partition coefficient (Wildman–Crippen LogP) is 2.47. The SMILES string of the molecule is O=C(CC1CCCO1)NCC1CCCC(Cl)C1. The number of hydrogen-bond acceptors (Lipinski definition) is 2. The van der Waals surface area contributed by atoms with Gasteiger partial charge in [-0.15, -0.1) is 11.6 Å². The van der Waals surface area contributed by atoms with Gasteiger partial charge in [0.1, 0.15) is 0 Å². The summed E-state index contributed by atoms with van der Waals surface area (Å²) in [5, 5.41) is 3.33. The molecule has 0 aromatic carbocycles. The van der Waals surface area contributed by atoms with Crippen LogP contribution in [0.1, 0.15) is 44.9 Å². The Bertz CT molecular complexity index is 254. The van der Waals surface area contributed by atoms with E-state index in [9.17, 15) is 4.79 Å². The van der Waals surface area contributed by atoms with Gasteiger partial charge in [-0.3, -0.25) is 4.79 Å². The molecule has 1 saturated heterocycles. The first-order chi connectivity index (χ1) is 8.24. The van der Waals surface area contributed by atoms with Crippen molar-refractivity contribution < 1.29 is 9.53 Å². The fourth-order valence-corrected chi connectivity index (χ4v) is 3.16. The molecule has 0 spiro atoms. The van der Waals surface area contributed by atoms with E-state index in [4.69, 9.17) is 16.3 Å². The van der Waals surface area contributed by atoms with Crippen LogP contribution >= 0.6 is 11.6 Å². The van der Waals surface area contributed by atoms with Crippen LogP contribution in [0.25, 0.3) is 0 Å². The zero-order valence-electron chi connectivity index (χ0n) is 10.3. The van der Waals surface area contributed by atoms with E-state index in [2.05, 4.69) is 5.32 Å². The molecule has 1 aliphatic carbocycles. The maximum Gasteiger partial charge on any atom is 0.222 e. The van der Waals surface area contributed by atoms with Gasteiger partial charge in [0, 0.05) is 18.5 Å². The van der Waals surface area contributed by atoms with Crippen molar-refractivity contribution in [1.29, 1.82) is 0 Å². The number of carbonyl (C=O) groups is 1. The first-order valence-corrected chi connectivity index (χ1v) is 7.20. The number of alkyl halides is 1. The Labute approximate surface area is 108 Å². The first-order valence-electron chi connectivity index (χ1n) is 6.76. The predicted molar refractivity (Wildman–Crippen MR) is 68.2 cm³/mol. The average Bonchev–Trinajstić information content (AvgIpc) is 2.79. The number of amides is 1. The molecule has 0 aromatic heterocycles. The van der Waals surface area contributed by atoms with Crippen LogP contribution in [0, 0.1) is 5.92 Å². The van der Waals surface area contributed by atoms with Gasteiger partial charge in [0.25, 0.3) is 0 Å². The molecule has 2 rings (SSSR count). The number of carbonyl (C=O) groups excluding carboxylic acids is 1. The minimum atomic E-state index is 0.133. The van der Waals surface area contributed by atoms with E-state index in [-0.39, 0.29) is 12.0 Å². The Hall–Kier alpha value is -0.280. The average molecular weight is 260 g/mol. The topological polar surface area (TPSA) is 38.3 Å². The normalized spacial score (nSPS) is 33.6. The Morgan fingerprint density at radius 1 is 1.29 bits per heavy atom. The summed E-state index contributed by atoms with van der Waals surface area (Å²) in [7, 11) is 0. The van der Waals surface area contributed by atoms with Crippen LogP contribution in [0.15, 0.2) is 0 Å². The Morgan fingerprint density at radius 2 is 2.18 bits per heavy atom. The van der Waals surface area contributed by atoms with Gasteiger partial charge in [-0.05, 0) is 38.0 Å². The van der Waals surface area contributed by atoms with Crippen LogP contribution in [0.4, 0.5) is 0 Å². The highest BCUT2D eigenvalue weighted by Crippen LogP contribution is 2.27. The molecule has 1 N–H and O–H groups in total. The molecule has 3 nitrogen and oxygen atoms in total. The van der Waals surface area contributed by atoms with Gasteiger partial charge in [0.15, 0.2) is 0 Å². The van der Waals surface area contributed by atoms with Crippen molar-refractivity contribution in [3.05, 3.63) is 0 Å². The molecule has 0 radical (unpaired) electrons. The van der Waals surface area contributed by atoms with Crippen molar-refractivity contribution in [3.8, 4) is 0 Å². The molecule has 3 atom stereocenters. The Kier molecular flexibility index (Phi) is 5.11. The van der Waals surface area contributed by atoms with Crippen LogP contribution in [-0.2, 0) is 9.53 Å². The lowest BCUT2D eigenvalue weighted by atomic mass is 9.89. The molecule has 2 fully saturated rings. The van der Waals surface area contributed by atoms with Crippen molar-refractivity contribution in [2.75, 3.05) is 13.2 Å². The van der Waals surface area contributed by atoms with E-state index in [1.807, 2.05) is 0 Å². The quantitative estimate of drug-likeness (QED) is 0.788.